The lowest BCUT2D eigenvalue weighted by atomic mass is 9.85. The highest BCUT2D eigenvalue weighted by molar-refractivity contribution is 5.79. The number of carboxylic acids is 1. The van der Waals surface area contributed by atoms with Crippen molar-refractivity contribution in [1.29, 1.82) is 0 Å². The highest BCUT2D eigenvalue weighted by Gasteiger charge is 2.36. The van der Waals surface area contributed by atoms with Gasteiger partial charge in [0.25, 0.3) is 0 Å². The van der Waals surface area contributed by atoms with Gasteiger partial charge in [0.1, 0.15) is 0 Å². The zero-order chi connectivity index (χ0) is 13.8. The number of aliphatic carboxylic acids is 1. The molecule has 2 rings (SSSR count). The molecule has 0 aromatic carbocycles. The maximum Gasteiger partial charge on any atom is 0.317 e. The van der Waals surface area contributed by atoms with Crippen molar-refractivity contribution in [3.05, 3.63) is 0 Å². The number of ether oxygens (including phenoxy) is 1. The van der Waals surface area contributed by atoms with E-state index < -0.39 is 5.97 Å². The average Bonchev–Trinajstić information content (AvgIpc) is 2.83. The standard InChI is InChI=1S/C13H22N2O4/c1-2-15(7-12(16)17)11-5-10(6-11)14-13(18)9-3-4-19-8-9/h9-11H,2-8H2,1H3,(H,14,18)(H,16,17). The lowest BCUT2D eigenvalue weighted by Gasteiger charge is -2.42. The summed E-state index contributed by atoms with van der Waals surface area (Å²) < 4.78 is 5.20. The molecule has 1 atom stereocenters. The van der Waals surface area contributed by atoms with Crippen LogP contribution < -0.4 is 5.32 Å². The molecule has 19 heavy (non-hydrogen) atoms. The van der Waals surface area contributed by atoms with Gasteiger partial charge in [-0.3, -0.25) is 14.5 Å². The molecule has 1 amide bonds. The Morgan fingerprint density at radius 1 is 1.42 bits per heavy atom. The number of likely N-dealkylation sites (N-methyl/N-ethyl adjacent to an activating group) is 1. The lowest BCUT2D eigenvalue weighted by Crippen LogP contribution is -2.55. The number of carbonyl (C=O) groups excluding carboxylic acids is 1. The Morgan fingerprint density at radius 3 is 2.68 bits per heavy atom. The summed E-state index contributed by atoms with van der Waals surface area (Å²) in [4.78, 5) is 24.5. The van der Waals surface area contributed by atoms with Crippen LogP contribution in [0.2, 0.25) is 0 Å². The molecule has 0 aromatic rings. The number of rotatable bonds is 6. The molecule has 2 N–H and O–H groups in total. The molecule has 0 bridgehead atoms. The van der Waals surface area contributed by atoms with Crippen molar-refractivity contribution in [2.24, 2.45) is 5.92 Å². The van der Waals surface area contributed by atoms with E-state index in [1.807, 2.05) is 11.8 Å². The third kappa shape index (κ3) is 3.67. The van der Waals surface area contributed by atoms with Crippen molar-refractivity contribution >= 4 is 11.9 Å². The van der Waals surface area contributed by atoms with Crippen molar-refractivity contribution in [1.82, 2.24) is 10.2 Å². The van der Waals surface area contributed by atoms with Gasteiger partial charge in [-0.05, 0) is 25.8 Å². The van der Waals surface area contributed by atoms with Crippen molar-refractivity contribution < 1.29 is 19.4 Å². The molecule has 6 heteroatoms. The van der Waals surface area contributed by atoms with E-state index in [2.05, 4.69) is 5.32 Å². The van der Waals surface area contributed by atoms with Crippen LogP contribution in [0.4, 0.5) is 0 Å². The quantitative estimate of drug-likeness (QED) is 0.714. The molecular formula is C13H22N2O4. The molecule has 0 radical (unpaired) electrons. The van der Waals surface area contributed by atoms with Crippen LogP contribution in [-0.4, -0.2) is 60.3 Å². The van der Waals surface area contributed by atoms with Gasteiger partial charge in [-0.25, -0.2) is 0 Å². The lowest BCUT2D eigenvalue weighted by molar-refractivity contribution is -0.140. The minimum Gasteiger partial charge on any atom is -0.480 e. The van der Waals surface area contributed by atoms with E-state index >= 15 is 0 Å². The smallest absolute Gasteiger partial charge is 0.317 e. The van der Waals surface area contributed by atoms with Gasteiger partial charge < -0.3 is 15.2 Å². The van der Waals surface area contributed by atoms with Gasteiger partial charge in [-0.2, -0.15) is 0 Å². The molecule has 1 saturated heterocycles. The molecule has 0 aromatic heterocycles. The molecule has 2 fully saturated rings. The Labute approximate surface area is 113 Å². The zero-order valence-electron chi connectivity index (χ0n) is 11.3. The molecule has 1 saturated carbocycles. The van der Waals surface area contributed by atoms with E-state index in [0.717, 1.165) is 25.8 Å². The van der Waals surface area contributed by atoms with Crippen LogP contribution in [0.3, 0.4) is 0 Å². The number of hydrogen-bond acceptors (Lipinski definition) is 4. The Kier molecular flexibility index (Phi) is 4.76. The van der Waals surface area contributed by atoms with Gasteiger partial charge in [0.15, 0.2) is 0 Å². The predicted octanol–water partition coefficient (Wildman–Crippen LogP) is 0.0766. The fraction of sp³-hybridized carbons (Fsp3) is 0.846. The Bertz CT molecular complexity index is 336. The first-order valence-corrected chi connectivity index (χ1v) is 6.94. The monoisotopic (exact) mass is 270 g/mol. The summed E-state index contributed by atoms with van der Waals surface area (Å²) in [6.45, 7) is 3.98. The molecule has 1 heterocycles. The highest BCUT2D eigenvalue weighted by Crippen LogP contribution is 2.26. The number of carbonyl (C=O) groups is 2. The summed E-state index contributed by atoms with van der Waals surface area (Å²) in [5.41, 5.74) is 0. The summed E-state index contributed by atoms with van der Waals surface area (Å²) in [6.07, 6.45) is 2.50. The molecular weight excluding hydrogens is 248 g/mol. The molecule has 1 aliphatic carbocycles. The molecule has 1 aliphatic heterocycles. The Morgan fingerprint density at radius 2 is 2.16 bits per heavy atom. The topological polar surface area (TPSA) is 78.9 Å². The summed E-state index contributed by atoms with van der Waals surface area (Å²) in [5, 5.41) is 11.8. The number of carboxylic acid groups (broad SMARTS) is 1. The third-order valence-electron chi connectivity index (χ3n) is 4.02. The minimum absolute atomic E-state index is 0.000322. The Balaban J connectivity index is 1.70. The van der Waals surface area contributed by atoms with Gasteiger partial charge >= 0.3 is 5.97 Å². The van der Waals surface area contributed by atoms with Crippen LogP contribution in [0.25, 0.3) is 0 Å². The van der Waals surface area contributed by atoms with E-state index in [-0.39, 0.29) is 30.5 Å². The fourth-order valence-electron chi connectivity index (χ4n) is 2.74. The van der Waals surface area contributed by atoms with Gasteiger partial charge in [-0.1, -0.05) is 6.92 Å². The summed E-state index contributed by atoms with van der Waals surface area (Å²) in [5.74, 6) is -0.708. The van der Waals surface area contributed by atoms with Gasteiger partial charge in [0.05, 0.1) is 19.1 Å². The van der Waals surface area contributed by atoms with Crippen molar-refractivity contribution in [3.63, 3.8) is 0 Å². The number of amides is 1. The SMILES string of the molecule is CCN(CC(=O)O)C1CC(NC(=O)C2CCOC2)C1. The number of hydrogen-bond donors (Lipinski definition) is 2. The van der Waals surface area contributed by atoms with Crippen molar-refractivity contribution in [2.75, 3.05) is 26.3 Å². The first kappa shape index (κ1) is 14.3. The van der Waals surface area contributed by atoms with E-state index in [4.69, 9.17) is 9.84 Å². The van der Waals surface area contributed by atoms with Crippen LogP contribution in [0.5, 0.6) is 0 Å². The summed E-state index contributed by atoms with van der Waals surface area (Å²) >= 11 is 0. The molecule has 6 nitrogen and oxygen atoms in total. The van der Waals surface area contributed by atoms with E-state index in [1.54, 1.807) is 0 Å². The molecule has 0 spiro atoms. The maximum atomic E-state index is 11.9. The Hall–Kier alpha value is -1.14. The van der Waals surface area contributed by atoms with Crippen LogP contribution in [0, 0.1) is 5.92 Å². The predicted molar refractivity (Wildman–Crippen MR) is 68.8 cm³/mol. The van der Waals surface area contributed by atoms with E-state index in [1.165, 1.54) is 0 Å². The first-order chi connectivity index (χ1) is 9.10. The minimum atomic E-state index is -0.794. The van der Waals surface area contributed by atoms with Crippen molar-refractivity contribution in [3.8, 4) is 0 Å². The second-order valence-corrected chi connectivity index (χ2v) is 5.35. The molecule has 1 unspecified atom stereocenters. The van der Waals surface area contributed by atoms with E-state index in [0.29, 0.717) is 13.2 Å². The normalized spacial score (nSPS) is 30.1. The van der Waals surface area contributed by atoms with E-state index in [9.17, 15) is 9.59 Å². The molecule has 2 aliphatic rings. The van der Waals surface area contributed by atoms with Crippen LogP contribution in [0.1, 0.15) is 26.2 Å². The van der Waals surface area contributed by atoms with Crippen molar-refractivity contribution in [2.45, 2.75) is 38.3 Å². The highest BCUT2D eigenvalue weighted by atomic mass is 16.5. The van der Waals surface area contributed by atoms with Crippen LogP contribution in [0.15, 0.2) is 0 Å². The second-order valence-electron chi connectivity index (χ2n) is 5.35. The molecule has 108 valence electrons. The van der Waals surface area contributed by atoms with Crippen LogP contribution >= 0.6 is 0 Å². The second kappa shape index (κ2) is 6.34. The van der Waals surface area contributed by atoms with Crippen LogP contribution in [-0.2, 0) is 14.3 Å². The fourth-order valence-corrected chi connectivity index (χ4v) is 2.74. The summed E-state index contributed by atoms with van der Waals surface area (Å²) in [7, 11) is 0. The largest absolute Gasteiger partial charge is 0.480 e. The first-order valence-electron chi connectivity index (χ1n) is 6.94. The van der Waals surface area contributed by atoms with Gasteiger partial charge in [-0.15, -0.1) is 0 Å². The zero-order valence-corrected chi connectivity index (χ0v) is 11.3. The summed E-state index contributed by atoms with van der Waals surface area (Å²) in [6, 6.07) is 0.479. The maximum absolute atomic E-state index is 11.9. The third-order valence-corrected chi connectivity index (χ3v) is 4.02. The van der Waals surface area contributed by atoms with Gasteiger partial charge in [0, 0.05) is 18.7 Å². The number of nitrogens with one attached hydrogen (secondary N) is 1. The van der Waals surface area contributed by atoms with Gasteiger partial charge in [0.2, 0.25) is 5.91 Å². The average molecular weight is 270 g/mol. The number of nitrogens with zero attached hydrogens (tertiary/aromatic N) is 1.